The average Bonchev–Trinajstić information content (AvgIpc) is 2.76. The number of hydrogen-bond acceptors (Lipinski definition) is 5. The molecular weight excluding hydrogens is 454 g/mol. The van der Waals surface area contributed by atoms with Crippen molar-refractivity contribution in [2.75, 3.05) is 30.8 Å². The van der Waals surface area contributed by atoms with Crippen molar-refractivity contribution in [1.29, 1.82) is 0 Å². The summed E-state index contributed by atoms with van der Waals surface area (Å²) in [6.45, 7) is 7.03. The Kier molecular flexibility index (Phi) is 9.09. The minimum Gasteiger partial charge on any atom is -0.495 e. The predicted molar refractivity (Wildman–Crippen MR) is 134 cm³/mol. The van der Waals surface area contributed by atoms with Gasteiger partial charge in [0.05, 0.1) is 19.1 Å². The first kappa shape index (κ1) is 27.2. The van der Waals surface area contributed by atoms with Gasteiger partial charge in [0.1, 0.15) is 18.3 Å². The normalized spacial score (nSPS) is 12.5. The molecule has 0 aliphatic rings. The van der Waals surface area contributed by atoms with Gasteiger partial charge in [-0.1, -0.05) is 42.5 Å². The summed E-state index contributed by atoms with van der Waals surface area (Å²) in [6.07, 6.45) is 1.56. The fraction of sp³-hybridized carbons (Fsp3) is 0.440. The van der Waals surface area contributed by atoms with E-state index in [9.17, 15) is 18.0 Å². The second kappa shape index (κ2) is 11.4. The van der Waals surface area contributed by atoms with Crippen molar-refractivity contribution in [2.45, 2.75) is 45.7 Å². The van der Waals surface area contributed by atoms with E-state index in [2.05, 4.69) is 5.32 Å². The van der Waals surface area contributed by atoms with Crippen molar-refractivity contribution < 1.29 is 22.7 Å². The zero-order valence-electron chi connectivity index (χ0n) is 20.7. The van der Waals surface area contributed by atoms with Gasteiger partial charge in [0.25, 0.3) is 0 Å². The highest BCUT2D eigenvalue weighted by Gasteiger charge is 2.31. The molecule has 2 aromatic carbocycles. The highest BCUT2D eigenvalue weighted by Crippen LogP contribution is 2.29. The van der Waals surface area contributed by atoms with Gasteiger partial charge in [-0.3, -0.25) is 13.9 Å². The molecule has 0 saturated carbocycles. The molecule has 186 valence electrons. The van der Waals surface area contributed by atoms with E-state index in [4.69, 9.17) is 4.74 Å². The number of ether oxygens (including phenoxy) is 1. The Balaban J connectivity index is 2.36. The standard InChI is InChI=1S/C25H35N3O5S/c1-19(24(30)26-25(2,3)4)27(17-16-20-12-8-7-9-13-20)23(29)18-28(34(6,31)32)21-14-10-11-15-22(21)33-5/h7-15,19H,16-18H2,1-6H3,(H,26,30)/t19-/m0/s1. The molecule has 34 heavy (non-hydrogen) atoms. The summed E-state index contributed by atoms with van der Waals surface area (Å²) in [6, 6.07) is 15.4. The number of nitrogens with one attached hydrogen (secondary N) is 1. The van der Waals surface area contributed by atoms with E-state index in [1.807, 2.05) is 51.1 Å². The smallest absolute Gasteiger partial charge is 0.244 e. The van der Waals surface area contributed by atoms with E-state index in [0.717, 1.165) is 16.1 Å². The Morgan fingerprint density at radius 3 is 2.18 bits per heavy atom. The van der Waals surface area contributed by atoms with Crippen molar-refractivity contribution >= 4 is 27.5 Å². The first-order chi connectivity index (χ1) is 15.8. The fourth-order valence-electron chi connectivity index (χ4n) is 3.47. The second-order valence-corrected chi connectivity index (χ2v) is 11.1. The molecule has 0 aliphatic heterocycles. The molecule has 9 heteroatoms. The Morgan fingerprint density at radius 2 is 1.62 bits per heavy atom. The van der Waals surface area contributed by atoms with E-state index in [1.54, 1.807) is 31.2 Å². The Bertz CT molecular complexity index is 1080. The first-order valence-corrected chi connectivity index (χ1v) is 12.9. The third-order valence-corrected chi connectivity index (χ3v) is 6.31. The molecule has 8 nitrogen and oxygen atoms in total. The highest BCUT2D eigenvalue weighted by molar-refractivity contribution is 7.92. The summed E-state index contributed by atoms with van der Waals surface area (Å²) in [7, 11) is -2.38. The Hall–Kier alpha value is -3.07. The van der Waals surface area contributed by atoms with Crippen molar-refractivity contribution in [2.24, 2.45) is 0 Å². The Labute approximate surface area is 202 Å². The molecule has 2 rings (SSSR count). The summed E-state index contributed by atoms with van der Waals surface area (Å²) in [5.74, 6) is -0.462. The molecule has 0 fully saturated rings. The minimum atomic E-state index is -3.82. The molecule has 0 bridgehead atoms. The van der Waals surface area contributed by atoms with Crippen LogP contribution in [0.4, 0.5) is 5.69 Å². The molecule has 2 amide bonds. The quantitative estimate of drug-likeness (QED) is 0.554. The van der Waals surface area contributed by atoms with Crippen LogP contribution in [0.15, 0.2) is 54.6 Å². The van der Waals surface area contributed by atoms with Gasteiger partial charge in [0.15, 0.2) is 0 Å². The molecule has 0 spiro atoms. The lowest BCUT2D eigenvalue weighted by molar-refractivity contribution is -0.139. The van der Waals surface area contributed by atoms with Crippen LogP contribution in [-0.2, 0) is 26.0 Å². The average molecular weight is 490 g/mol. The third kappa shape index (κ3) is 7.76. The van der Waals surface area contributed by atoms with Gasteiger partial charge in [-0.2, -0.15) is 0 Å². The lowest BCUT2D eigenvalue weighted by atomic mass is 10.1. The van der Waals surface area contributed by atoms with Crippen LogP contribution in [-0.4, -0.2) is 63.2 Å². The minimum absolute atomic E-state index is 0.255. The lowest BCUT2D eigenvalue weighted by Crippen LogP contribution is -2.55. The number of sulfonamides is 1. The lowest BCUT2D eigenvalue weighted by Gasteiger charge is -2.33. The highest BCUT2D eigenvalue weighted by atomic mass is 32.2. The topological polar surface area (TPSA) is 96.0 Å². The first-order valence-electron chi connectivity index (χ1n) is 11.1. The summed E-state index contributed by atoms with van der Waals surface area (Å²) in [5.41, 5.74) is 0.791. The molecule has 1 atom stereocenters. The number of methoxy groups -OCH3 is 1. The monoisotopic (exact) mass is 489 g/mol. The summed E-state index contributed by atoms with van der Waals surface area (Å²) in [4.78, 5) is 27.8. The molecule has 0 heterocycles. The number of anilines is 1. The van der Waals surface area contributed by atoms with Gasteiger partial charge in [-0.05, 0) is 51.8 Å². The van der Waals surface area contributed by atoms with Crippen LogP contribution < -0.4 is 14.4 Å². The molecule has 0 aromatic heterocycles. The fourth-order valence-corrected chi connectivity index (χ4v) is 4.33. The van der Waals surface area contributed by atoms with Crippen molar-refractivity contribution in [3.63, 3.8) is 0 Å². The molecular formula is C25H35N3O5S. The molecule has 1 N–H and O–H groups in total. The van der Waals surface area contributed by atoms with Crippen LogP contribution in [0.3, 0.4) is 0 Å². The van der Waals surface area contributed by atoms with Gasteiger partial charge in [-0.25, -0.2) is 8.42 Å². The molecule has 0 unspecified atom stereocenters. The summed E-state index contributed by atoms with van der Waals surface area (Å²) in [5, 5.41) is 2.90. The van der Waals surface area contributed by atoms with Gasteiger partial charge in [-0.15, -0.1) is 0 Å². The van der Waals surface area contributed by atoms with Crippen molar-refractivity contribution in [3.8, 4) is 5.75 Å². The third-order valence-electron chi connectivity index (χ3n) is 5.18. The van der Waals surface area contributed by atoms with E-state index >= 15 is 0 Å². The van der Waals surface area contributed by atoms with Gasteiger partial charge in [0, 0.05) is 12.1 Å². The van der Waals surface area contributed by atoms with Crippen LogP contribution in [0, 0.1) is 0 Å². The van der Waals surface area contributed by atoms with Crippen LogP contribution in [0.2, 0.25) is 0 Å². The SMILES string of the molecule is COc1ccccc1N(CC(=O)N(CCc1ccccc1)[C@@H](C)C(=O)NC(C)(C)C)S(C)(=O)=O. The number of hydrogen-bond donors (Lipinski definition) is 1. The zero-order valence-corrected chi connectivity index (χ0v) is 21.6. The maximum atomic E-state index is 13.5. The number of para-hydroxylation sites is 2. The van der Waals surface area contributed by atoms with Gasteiger partial charge >= 0.3 is 0 Å². The van der Waals surface area contributed by atoms with E-state index in [1.165, 1.54) is 12.0 Å². The predicted octanol–water partition coefficient (Wildman–Crippen LogP) is 2.84. The second-order valence-electron chi connectivity index (χ2n) is 9.18. The number of rotatable bonds is 10. The van der Waals surface area contributed by atoms with Crippen LogP contribution in [0.5, 0.6) is 5.75 Å². The molecule has 0 saturated heterocycles. The zero-order chi connectivity index (χ0) is 25.5. The van der Waals surface area contributed by atoms with E-state index in [0.29, 0.717) is 12.2 Å². The number of benzene rings is 2. The van der Waals surface area contributed by atoms with Crippen molar-refractivity contribution in [1.82, 2.24) is 10.2 Å². The number of amides is 2. The number of carbonyl (C=O) groups is 2. The number of nitrogens with zero attached hydrogens (tertiary/aromatic N) is 2. The molecule has 2 aromatic rings. The molecule has 0 radical (unpaired) electrons. The van der Waals surface area contributed by atoms with Crippen LogP contribution in [0.25, 0.3) is 0 Å². The maximum Gasteiger partial charge on any atom is 0.244 e. The van der Waals surface area contributed by atoms with Gasteiger partial charge < -0.3 is 15.0 Å². The molecule has 0 aliphatic carbocycles. The summed E-state index contributed by atoms with van der Waals surface area (Å²) >= 11 is 0. The van der Waals surface area contributed by atoms with Crippen LogP contribution in [0.1, 0.15) is 33.3 Å². The number of carbonyl (C=O) groups excluding carboxylic acids is 2. The van der Waals surface area contributed by atoms with E-state index in [-0.39, 0.29) is 18.1 Å². The largest absolute Gasteiger partial charge is 0.495 e. The van der Waals surface area contributed by atoms with E-state index < -0.39 is 34.1 Å². The van der Waals surface area contributed by atoms with Crippen LogP contribution >= 0.6 is 0 Å². The maximum absolute atomic E-state index is 13.5. The summed E-state index contributed by atoms with van der Waals surface area (Å²) < 4.78 is 31.6. The van der Waals surface area contributed by atoms with Crippen molar-refractivity contribution in [3.05, 3.63) is 60.2 Å². The Morgan fingerprint density at radius 1 is 1.03 bits per heavy atom. The van der Waals surface area contributed by atoms with Gasteiger partial charge in [0.2, 0.25) is 21.8 Å².